The predicted molar refractivity (Wildman–Crippen MR) is 73.9 cm³/mol. The van der Waals surface area contributed by atoms with Crippen LogP contribution in [0.5, 0.6) is 0 Å². The van der Waals surface area contributed by atoms with Crippen molar-refractivity contribution < 1.29 is 4.74 Å². The Morgan fingerprint density at radius 2 is 2.37 bits per heavy atom. The second-order valence-electron chi connectivity index (χ2n) is 4.92. The van der Waals surface area contributed by atoms with Gasteiger partial charge >= 0.3 is 0 Å². The number of hydrogen-bond donors (Lipinski definition) is 1. The molecule has 6 heteroatoms. The molecule has 0 spiro atoms. The predicted octanol–water partition coefficient (Wildman–Crippen LogP) is 0.498. The number of nitrogens with one attached hydrogen (secondary N) is 1. The first-order valence-corrected chi connectivity index (χ1v) is 7.24. The molecule has 0 aliphatic carbocycles. The SMILES string of the molecule is CCCn1ncnc1CNCC1CN(CC)CCO1. The molecule has 108 valence electrons. The van der Waals surface area contributed by atoms with Crippen LogP contribution >= 0.6 is 0 Å². The molecule has 1 N–H and O–H groups in total. The molecular formula is C13H25N5O. The van der Waals surface area contributed by atoms with Gasteiger partial charge in [0, 0.05) is 26.2 Å². The Morgan fingerprint density at radius 3 is 3.16 bits per heavy atom. The molecule has 1 fully saturated rings. The standard InChI is InChI=1S/C13H25N5O/c1-3-5-18-13(15-11-16-18)9-14-8-12-10-17(4-2)6-7-19-12/h11-12,14H,3-10H2,1-2H3. The van der Waals surface area contributed by atoms with E-state index in [0.717, 1.165) is 58.1 Å². The van der Waals surface area contributed by atoms with Gasteiger partial charge in [0.15, 0.2) is 0 Å². The van der Waals surface area contributed by atoms with Gasteiger partial charge in [0.05, 0.1) is 19.3 Å². The molecule has 0 aromatic carbocycles. The van der Waals surface area contributed by atoms with Gasteiger partial charge in [-0.1, -0.05) is 13.8 Å². The number of nitrogens with zero attached hydrogens (tertiary/aromatic N) is 4. The van der Waals surface area contributed by atoms with Crippen LogP contribution in [0.15, 0.2) is 6.33 Å². The van der Waals surface area contributed by atoms with E-state index in [2.05, 4.69) is 34.1 Å². The Labute approximate surface area is 115 Å². The van der Waals surface area contributed by atoms with Crippen molar-refractivity contribution in [2.45, 2.75) is 39.5 Å². The summed E-state index contributed by atoms with van der Waals surface area (Å²) in [4.78, 5) is 6.71. The lowest BCUT2D eigenvalue weighted by Crippen LogP contribution is -2.46. The van der Waals surface area contributed by atoms with Crippen LogP contribution < -0.4 is 5.32 Å². The summed E-state index contributed by atoms with van der Waals surface area (Å²) in [5.74, 6) is 1.00. The third kappa shape index (κ3) is 4.26. The van der Waals surface area contributed by atoms with Crippen molar-refractivity contribution in [2.75, 3.05) is 32.8 Å². The van der Waals surface area contributed by atoms with Crippen LogP contribution in [0.1, 0.15) is 26.1 Å². The maximum atomic E-state index is 5.76. The number of ether oxygens (including phenoxy) is 1. The highest BCUT2D eigenvalue weighted by molar-refractivity contribution is 4.84. The van der Waals surface area contributed by atoms with Gasteiger partial charge in [0.1, 0.15) is 12.2 Å². The minimum absolute atomic E-state index is 0.288. The number of aryl methyl sites for hydroxylation is 1. The van der Waals surface area contributed by atoms with Crippen molar-refractivity contribution in [2.24, 2.45) is 0 Å². The number of rotatable bonds is 7. The molecule has 1 unspecified atom stereocenters. The zero-order valence-electron chi connectivity index (χ0n) is 12.0. The highest BCUT2D eigenvalue weighted by atomic mass is 16.5. The van der Waals surface area contributed by atoms with Crippen molar-refractivity contribution in [3.05, 3.63) is 12.2 Å². The van der Waals surface area contributed by atoms with E-state index in [9.17, 15) is 0 Å². The number of aromatic nitrogens is 3. The molecule has 2 heterocycles. The van der Waals surface area contributed by atoms with E-state index in [1.807, 2.05) is 4.68 Å². The Hall–Kier alpha value is -0.980. The first-order chi connectivity index (χ1) is 9.33. The molecule has 6 nitrogen and oxygen atoms in total. The molecule has 0 bridgehead atoms. The molecule has 0 amide bonds. The Kier molecular flexibility index (Phi) is 5.75. The van der Waals surface area contributed by atoms with Crippen molar-refractivity contribution in [1.82, 2.24) is 25.0 Å². The van der Waals surface area contributed by atoms with Gasteiger partial charge in [-0.05, 0) is 13.0 Å². The topological polar surface area (TPSA) is 55.2 Å². The molecule has 2 rings (SSSR count). The van der Waals surface area contributed by atoms with E-state index < -0.39 is 0 Å². The van der Waals surface area contributed by atoms with Crippen molar-refractivity contribution in [1.29, 1.82) is 0 Å². The van der Waals surface area contributed by atoms with Crippen molar-refractivity contribution in [3.8, 4) is 0 Å². The fraction of sp³-hybridized carbons (Fsp3) is 0.846. The van der Waals surface area contributed by atoms with E-state index in [1.54, 1.807) is 6.33 Å². The van der Waals surface area contributed by atoms with Gasteiger partial charge in [0.25, 0.3) is 0 Å². The van der Waals surface area contributed by atoms with Gasteiger partial charge in [-0.25, -0.2) is 9.67 Å². The summed E-state index contributed by atoms with van der Waals surface area (Å²) < 4.78 is 7.73. The van der Waals surface area contributed by atoms with Crippen LogP contribution in [-0.4, -0.2) is 58.6 Å². The molecule has 1 aliphatic rings. The molecule has 1 aromatic rings. The number of morpholine rings is 1. The van der Waals surface area contributed by atoms with Crippen LogP contribution in [0.2, 0.25) is 0 Å². The van der Waals surface area contributed by atoms with Crippen molar-refractivity contribution in [3.63, 3.8) is 0 Å². The van der Waals surface area contributed by atoms with Gasteiger partial charge in [0.2, 0.25) is 0 Å². The molecule has 1 saturated heterocycles. The normalized spacial score (nSPS) is 20.8. The molecule has 1 aromatic heterocycles. The van der Waals surface area contributed by atoms with Crippen LogP contribution in [0.4, 0.5) is 0 Å². The van der Waals surface area contributed by atoms with Crippen LogP contribution in [0, 0.1) is 0 Å². The van der Waals surface area contributed by atoms with E-state index >= 15 is 0 Å². The fourth-order valence-electron chi connectivity index (χ4n) is 2.36. The lowest BCUT2D eigenvalue weighted by molar-refractivity contribution is -0.0254. The smallest absolute Gasteiger partial charge is 0.140 e. The molecule has 0 radical (unpaired) electrons. The minimum Gasteiger partial charge on any atom is -0.374 e. The van der Waals surface area contributed by atoms with Crippen molar-refractivity contribution >= 4 is 0 Å². The second kappa shape index (κ2) is 7.57. The highest BCUT2D eigenvalue weighted by Gasteiger charge is 2.18. The van der Waals surface area contributed by atoms with E-state index in [-0.39, 0.29) is 6.10 Å². The van der Waals surface area contributed by atoms with Crippen LogP contribution in [-0.2, 0) is 17.8 Å². The lowest BCUT2D eigenvalue weighted by Gasteiger charge is -2.32. The third-order valence-electron chi connectivity index (χ3n) is 3.46. The molecule has 19 heavy (non-hydrogen) atoms. The Bertz CT molecular complexity index is 368. The van der Waals surface area contributed by atoms with E-state index in [1.165, 1.54) is 0 Å². The summed E-state index contributed by atoms with van der Waals surface area (Å²) in [6.45, 7) is 10.9. The van der Waals surface area contributed by atoms with Crippen LogP contribution in [0.3, 0.4) is 0 Å². The second-order valence-corrected chi connectivity index (χ2v) is 4.92. The summed E-state index contributed by atoms with van der Waals surface area (Å²) in [6, 6.07) is 0. The zero-order chi connectivity index (χ0) is 13.5. The Balaban J connectivity index is 1.72. The molecule has 1 atom stereocenters. The van der Waals surface area contributed by atoms with Gasteiger partial charge < -0.3 is 10.1 Å². The molecular weight excluding hydrogens is 242 g/mol. The van der Waals surface area contributed by atoms with Crippen LogP contribution in [0.25, 0.3) is 0 Å². The largest absolute Gasteiger partial charge is 0.374 e. The Morgan fingerprint density at radius 1 is 1.47 bits per heavy atom. The minimum atomic E-state index is 0.288. The average Bonchev–Trinajstić information content (AvgIpc) is 2.87. The van der Waals surface area contributed by atoms with Gasteiger partial charge in [-0.15, -0.1) is 0 Å². The zero-order valence-corrected chi connectivity index (χ0v) is 12.0. The third-order valence-corrected chi connectivity index (χ3v) is 3.46. The van der Waals surface area contributed by atoms with Gasteiger partial charge in [-0.2, -0.15) is 5.10 Å². The maximum absolute atomic E-state index is 5.76. The van der Waals surface area contributed by atoms with E-state index in [4.69, 9.17) is 4.74 Å². The molecule has 0 saturated carbocycles. The summed E-state index contributed by atoms with van der Waals surface area (Å²) in [5.41, 5.74) is 0. The van der Waals surface area contributed by atoms with Gasteiger partial charge in [-0.3, -0.25) is 4.90 Å². The maximum Gasteiger partial charge on any atom is 0.140 e. The monoisotopic (exact) mass is 267 g/mol. The number of hydrogen-bond acceptors (Lipinski definition) is 5. The quantitative estimate of drug-likeness (QED) is 0.779. The number of likely N-dealkylation sites (N-methyl/N-ethyl adjacent to an activating group) is 1. The first kappa shape index (κ1) is 14.4. The summed E-state index contributed by atoms with van der Waals surface area (Å²) in [5, 5.41) is 7.65. The molecule has 1 aliphatic heterocycles. The first-order valence-electron chi connectivity index (χ1n) is 7.24. The van der Waals surface area contributed by atoms with E-state index in [0.29, 0.717) is 0 Å². The lowest BCUT2D eigenvalue weighted by atomic mass is 10.2. The summed E-state index contributed by atoms with van der Waals surface area (Å²) >= 11 is 0. The fourth-order valence-corrected chi connectivity index (χ4v) is 2.36. The average molecular weight is 267 g/mol. The highest BCUT2D eigenvalue weighted by Crippen LogP contribution is 2.04. The summed E-state index contributed by atoms with van der Waals surface area (Å²) in [6.07, 6.45) is 2.99. The summed E-state index contributed by atoms with van der Waals surface area (Å²) in [7, 11) is 0.